The Balaban J connectivity index is 2.41. The zero-order chi connectivity index (χ0) is 10.7. The van der Waals surface area contributed by atoms with E-state index in [4.69, 9.17) is 0 Å². The molecule has 1 aromatic rings. The van der Waals surface area contributed by atoms with Crippen LogP contribution in [0.5, 0.6) is 0 Å². The van der Waals surface area contributed by atoms with Gasteiger partial charge in [-0.3, -0.25) is 4.98 Å². The highest BCUT2D eigenvalue weighted by atomic mass is 16.9. The Morgan fingerprint density at radius 2 is 2.07 bits per heavy atom. The number of carbonyl (C=O) groups is 2. The molecule has 0 unspecified atom stereocenters. The summed E-state index contributed by atoms with van der Waals surface area (Å²) in [6.45, 7) is 0. The number of hydrogen-bond donors (Lipinski definition) is 1. The Morgan fingerprint density at radius 3 is 2.80 bits per heavy atom. The van der Waals surface area contributed by atoms with Gasteiger partial charge in [0.15, 0.2) is 0 Å². The number of carbonyl (C=O) groups excluding carboxylic acids is 2. The maximum absolute atomic E-state index is 11.3. The Bertz CT molecular complexity index is 427. The van der Waals surface area contributed by atoms with E-state index in [0.29, 0.717) is 5.69 Å². The van der Waals surface area contributed by atoms with Crippen molar-refractivity contribution in [1.82, 2.24) is 10.6 Å². The molecule has 0 aliphatic carbocycles. The molecule has 1 aromatic heterocycles. The van der Waals surface area contributed by atoms with Gasteiger partial charge in [-0.05, 0) is 12.1 Å². The second kappa shape index (κ2) is 3.89. The van der Waals surface area contributed by atoms with E-state index in [2.05, 4.69) is 14.7 Å². The lowest BCUT2D eigenvalue weighted by molar-refractivity contribution is -0.188. The number of aromatic nitrogens is 1. The third kappa shape index (κ3) is 2.00. The number of nitrogens with zero attached hydrogens (tertiary/aromatic N) is 1. The lowest BCUT2D eigenvalue weighted by Crippen LogP contribution is -2.19. The molecular formula is C9H6N2O4. The van der Waals surface area contributed by atoms with Crippen LogP contribution in [-0.4, -0.2) is 16.9 Å². The lowest BCUT2D eigenvalue weighted by Gasteiger charge is -2.01. The number of hydrogen-bond acceptors (Lipinski definition) is 6. The Labute approximate surface area is 84.4 Å². The van der Waals surface area contributed by atoms with Crippen LogP contribution in [0.15, 0.2) is 30.5 Å². The molecule has 0 atom stereocenters. The summed E-state index contributed by atoms with van der Waals surface area (Å²) in [6.07, 6.45) is 2.53. The maximum Gasteiger partial charge on any atom is 0.362 e. The minimum absolute atomic E-state index is 0.0469. The summed E-state index contributed by atoms with van der Waals surface area (Å²) >= 11 is 0. The molecule has 0 radical (unpaired) electrons. The van der Waals surface area contributed by atoms with Crippen molar-refractivity contribution in [2.24, 2.45) is 0 Å². The average molecular weight is 206 g/mol. The summed E-state index contributed by atoms with van der Waals surface area (Å²) in [4.78, 5) is 34.9. The number of nitrogens with one attached hydrogen (secondary N) is 1. The van der Waals surface area contributed by atoms with Crippen LogP contribution in [-0.2, 0) is 19.3 Å². The zero-order valence-electron chi connectivity index (χ0n) is 7.47. The maximum atomic E-state index is 11.3. The fourth-order valence-corrected chi connectivity index (χ4v) is 1.06. The highest BCUT2D eigenvalue weighted by Crippen LogP contribution is 2.14. The summed E-state index contributed by atoms with van der Waals surface area (Å²) < 4.78 is 0. The van der Waals surface area contributed by atoms with Gasteiger partial charge >= 0.3 is 11.9 Å². The molecule has 0 amide bonds. The van der Waals surface area contributed by atoms with Gasteiger partial charge in [0.05, 0.1) is 11.3 Å². The monoisotopic (exact) mass is 206 g/mol. The van der Waals surface area contributed by atoms with Gasteiger partial charge in [0.25, 0.3) is 0 Å². The molecule has 1 aliphatic rings. The molecule has 0 saturated heterocycles. The van der Waals surface area contributed by atoms with E-state index < -0.39 is 11.9 Å². The molecule has 1 aliphatic heterocycles. The molecule has 6 heteroatoms. The van der Waals surface area contributed by atoms with Crippen molar-refractivity contribution in [1.29, 1.82) is 0 Å². The fourth-order valence-electron chi connectivity index (χ4n) is 1.06. The standard InChI is InChI=1S/C9H6N2O4/c12-8-5-6(9(13)15-11-14-8)7-3-1-2-4-10-7/h1-5,11H. The summed E-state index contributed by atoms with van der Waals surface area (Å²) in [5.74, 6) is -1.44. The van der Waals surface area contributed by atoms with Crippen LogP contribution < -0.4 is 5.64 Å². The SMILES string of the molecule is O=C1C=C(c2ccccn2)C(=O)ONO1. The predicted octanol–water partition coefficient (Wildman–Crippen LogP) is -0.0154. The second-order valence-corrected chi connectivity index (χ2v) is 2.67. The van der Waals surface area contributed by atoms with Crippen molar-refractivity contribution >= 4 is 17.5 Å². The van der Waals surface area contributed by atoms with E-state index in [0.717, 1.165) is 6.08 Å². The van der Waals surface area contributed by atoms with Crippen LogP contribution in [0.4, 0.5) is 0 Å². The van der Waals surface area contributed by atoms with Crippen molar-refractivity contribution < 1.29 is 19.3 Å². The van der Waals surface area contributed by atoms with Gasteiger partial charge in [-0.25, -0.2) is 9.59 Å². The van der Waals surface area contributed by atoms with Crippen LogP contribution >= 0.6 is 0 Å². The van der Waals surface area contributed by atoms with Gasteiger partial charge in [0, 0.05) is 17.9 Å². The van der Waals surface area contributed by atoms with Crippen molar-refractivity contribution in [3.63, 3.8) is 0 Å². The fraction of sp³-hybridized carbons (Fsp3) is 0. The molecule has 0 saturated carbocycles. The molecule has 15 heavy (non-hydrogen) atoms. The molecule has 6 nitrogen and oxygen atoms in total. The first-order chi connectivity index (χ1) is 7.27. The van der Waals surface area contributed by atoms with Gasteiger partial charge in [0.1, 0.15) is 0 Å². The van der Waals surface area contributed by atoms with Crippen LogP contribution in [0.25, 0.3) is 5.57 Å². The Hall–Kier alpha value is -2.21. The molecule has 0 spiro atoms. The molecule has 76 valence electrons. The molecule has 0 bridgehead atoms. The van der Waals surface area contributed by atoms with E-state index in [-0.39, 0.29) is 5.57 Å². The van der Waals surface area contributed by atoms with E-state index in [1.54, 1.807) is 23.8 Å². The van der Waals surface area contributed by atoms with Crippen LogP contribution in [0, 0.1) is 0 Å². The first-order valence-corrected chi connectivity index (χ1v) is 4.07. The molecular weight excluding hydrogens is 200 g/mol. The first kappa shape index (κ1) is 9.35. The van der Waals surface area contributed by atoms with Crippen LogP contribution in [0.3, 0.4) is 0 Å². The van der Waals surface area contributed by atoms with Gasteiger partial charge in [0.2, 0.25) is 0 Å². The van der Waals surface area contributed by atoms with E-state index in [1.807, 2.05) is 0 Å². The van der Waals surface area contributed by atoms with Gasteiger partial charge in [-0.1, -0.05) is 6.07 Å². The quantitative estimate of drug-likeness (QED) is 0.696. The summed E-state index contributed by atoms with van der Waals surface area (Å²) in [5.41, 5.74) is 2.16. The number of rotatable bonds is 1. The first-order valence-electron chi connectivity index (χ1n) is 4.07. The summed E-state index contributed by atoms with van der Waals surface area (Å²) in [6, 6.07) is 4.98. The smallest absolute Gasteiger partial charge is 0.331 e. The van der Waals surface area contributed by atoms with Crippen LogP contribution in [0.2, 0.25) is 0 Å². The van der Waals surface area contributed by atoms with Gasteiger partial charge in [-0.15, -0.1) is 0 Å². The van der Waals surface area contributed by atoms with Crippen molar-refractivity contribution in [2.45, 2.75) is 0 Å². The van der Waals surface area contributed by atoms with E-state index in [1.165, 1.54) is 6.20 Å². The average Bonchev–Trinajstić information content (AvgIpc) is 2.42. The van der Waals surface area contributed by atoms with E-state index >= 15 is 0 Å². The molecule has 0 aromatic carbocycles. The second-order valence-electron chi connectivity index (χ2n) is 2.67. The molecule has 2 heterocycles. The Kier molecular flexibility index (Phi) is 2.42. The highest BCUT2D eigenvalue weighted by Gasteiger charge is 2.21. The zero-order valence-corrected chi connectivity index (χ0v) is 7.47. The van der Waals surface area contributed by atoms with Crippen molar-refractivity contribution in [2.75, 3.05) is 0 Å². The van der Waals surface area contributed by atoms with Crippen LogP contribution in [0.1, 0.15) is 5.69 Å². The Morgan fingerprint density at radius 1 is 1.20 bits per heavy atom. The summed E-state index contributed by atoms with van der Waals surface area (Å²) in [7, 11) is 0. The minimum atomic E-state index is -0.723. The third-order valence-corrected chi connectivity index (χ3v) is 1.70. The van der Waals surface area contributed by atoms with Gasteiger partial charge < -0.3 is 9.68 Å². The molecule has 0 fully saturated rings. The molecule has 2 rings (SSSR count). The summed E-state index contributed by atoms with van der Waals surface area (Å²) in [5, 5.41) is 0. The van der Waals surface area contributed by atoms with Crippen molar-refractivity contribution in [3.8, 4) is 0 Å². The predicted molar refractivity (Wildman–Crippen MR) is 47.5 cm³/mol. The number of pyridine rings is 1. The lowest BCUT2D eigenvalue weighted by atomic mass is 10.1. The highest BCUT2D eigenvalue weighted by molar-refractivity contribution is 6.20. The topological polar surface area (TPSA) is 77.5 Å². The third-order valence-electron chi connectivity index (χ3n) is 1.70. The van der Waals surface area contributed by atoms with E-state index in [9.17, 15) is 9.59 Å². The normalized spacial score (nSPS) is 16.1. The minimum Gasteiger partial charge on any atom is -0.331 e. The molecule has 1 N–H and O–H groups in total. The van der Waals surface area contributed by atoms with Gasteiger partial charge in [-0.2, -0.15) is 0 Å². The largest absolute Gasteiger partial charge is 0.362 e. The van der Waals surface area contributed by atoms with Crippen molar-refractivity contribution in [3.05, 3.63) is 36.2 Å².